The lowest BCUT2D eigenvalue weighted by Gasteiger charge is -2.20. The maximum atomic E-state index is 12.7. The Kier molecular flexibility index (Phi) is 4.89. The lowest BCUT2D eigenvalue weighted by atomic mass is 10.2. The Morgan fingerprint density at radius 1 is 1.45 bits per heavy atom. The average Bonchev–Trinajstić information content (AvgIpc) is 3.08. The minimum Gasteiger partial charge on any atom is -0.309 e. The molecule has 0 aromatic carbocycles. The van der Waals surface area contributed by atoms with Gasteiger partial charge in [0, 0.05) is 31.1 Å². The van der Waals surface area contributed by atoms with Gasteiger partial charge in [-0.1, -0.05) is 13.8 Å². The molecule has 0 aliphatic heterocycles. The van der Waals surface area contributed by atoms with Crippen LogP contribution in [0.3, 0.4) is 0 Å². The molecule has 2 rings (SSSR count). The molecule has 1 aliphatic carbocycles. The second kappa shape index (κ2) is 6.13. The van der Waals surface area contributed by atoms with Crippen LogP contribution in [-0.2, 0) is 16.6 Å². The highest BCUT2D eigenvalue weighted by molar-refractivity contribution is 7.89. The summed E-state index contributed by atoms with van der Waals surface area (Å²) in [6.45, 7) is 7.15. The standard InChI is InChI=1S/C14H24N2O2S2/c1-10(2)8-16(4)20(17,18)14-11(3)9-19-13(14)7-15-12-5-6-12/h9-10,12,15H,5-8H2,1-4H3. The zero-order valence-corrected chi connectivity index (χ0v) is 14.3. The van der Waals surface area contributed by atoms with Gasteiger partial charge < -0.3 is 5.32 Å². The number of rotatable bonds is 7. The van der Waals surface area contributed by atoms with E-state index in [0.717, 1.165) is 10.4 Å². The minimum absolute atomic E-state index is 0.321. The molecule has 1 N–H and O–H groups in total. The van der Waals surface area contributed by atoms with Crippen LogP contribution in [0.5, 0.6) is 0 Å². The number of nitrogens with zero attached hydrogens (tertiary/aromatic N) is 1. The molecule has 0 atom stereocenters. The molecule has 0 unspecified atom stereocenters. The van der Waals surface area contributed by atoms with Crippen molar-refractivity contribution in [1.29, 1.82) is 0 Å². The first-order valence-corrected chi connectivity index (χ1v) is 9.41. The highest BCUT2D eigenvalue weighted by Gasteiger charge is 2.29. The van der Waals surface area contributed by atoms with Gasteiger partial charge in [-0.05, 0) is 36.6 Å². The van der Waals surface area contributed by atoms with Gasteiger partial charge in [0.05, 0.1) is 0 Å². The monoisotopic (exact) mass is 316 g/mol. The summed E-state index contributed by atoms with van der Waals surface area (Å²) in [5.74, 6) is 0.321. The molecule has 0 amide bonds. The van der Waals surface area contributed by atoms with Crippen LogP contribution < -0.4 is 5.32 Å². The van der Waals surface area contributed by atoms with E-state index in [0.29, 0.717) is 29.9 Å². The Hall–Kier alpha value is -0.430. The van der Waals surface area contributed by atoms with E-state index >= 15 is 0 Å². The Morgan fingerprint density at radius 3 is 2.65 bits per heavy atom. The van der Waals surface area contributed by atoms with Crippen molar-refractivity contribution in [3.05, 3.63) is 15.8 Å². The van der Waals surface area contributed by atoms with Crippen LogP contribution in [0.4, 0.5) is 0 Å². The second-order valence-corrected chi connectivity index (χ2v) is 8.95. The molecule has 20 heavy (non-hydrogen) atoms. The van der Waals surface area contributed by atoms with Crippen molar-refractivity contribution >= 4 is 21.4 Å². The predicted octanol–water partition coefficient (Wildman–Crippen LogP) is 2.59. The van der Waals surface area contributed by atoms with Gasteiger partial charge in [-0.15, -0.1) is 11.3 Å². The van der Waals surface area contributed by atoms with Crippen LogP contribution in [-0.4, -0.2) is 32.4 Å². The lowest BCUT2D eigenvalue weighted by Crippen LogP contribution is -2.31. The summed E-state index contributed by atoms with van der Waals surface area (Å²) in [5, 5.41) is 5.35. The first-order chi connectivity index (χ1) is 9.32. The SMILES string of the molecule is Cc1csc(CNC2CC2)c1S(=O)(=O)N(C)CC(C)C. The van der Waals surface area contributed by atoms with Crippen LogP contribution in [0.25, 0.3) is 0 Å². The fraction of sp³-hybridized carbons (Fsp3) is 0.714. The Balaban J connectivity index is 2.22. The zero-order valence-electron chi connectivity index (χ0n) is 12.6. The second-order valence-electron chi connectivity index (χ2n) is 6.01. The molecule has 114 valence electrons. The van der Waals surface area contributed by atoms with Crippen LogP contribution in [0.1, 0.15) is 37.1 Å². The van der Waals surface area contributed by atoms with Crippen LogP contribution in [0.15, 0.2) is 10.3 Å². The highest BCUT2D eigenvalue weighted by atomic mass is 32.2. The molecule has 1 aliphatic rings. The summed E-state index contributed by atoms with van der Waals surface area (Å²) < 4.78 is 27.0. The fourth-order valence-corrected chi connectivity index (χ4v) is 5.29. The molecular weight excluding hydrogens is 292 g/mol. The molecule has 0 radical (unpaired) electrons. The van der Waals surface area contributed by atoms with Crippen molar-refractivity contribution in [3.8, 4) is 0 Å². The summed E-state index contributed by atoms with van der Waals surface area (Å²) >= 11 is 1.54. The van der Waals surface area contributed by atoms with Crippen molar-refractivity contribution in [1.82, 2.24) is 9.62 Å². The van der Waals surface area contributed by atoms with Gasteiger partial charge >= 0.3 is 0 Å². The van der Waals surface area contributed by atoms with Gasteiger partial charge in [0.2, 0.25) is 10.0 Å². The van der Waals surface area contributed by atoms with Crippen LogP contribution >= 0.6 is 11.3 Å². The molecule has 6 heteroatoms. The predicted molar refractivity (Wildman–Crippen MR) is 83.6 cm³/mol. The summed E-state index contributed by atoms with van der Waals surface area (Å²) in [6.07, 6.45) is 2.42. The Bertz CT molecular complexity index is 560. The number of hydrogen-bond donors (Lipinski definition) is 1. The average molecular weight is 316 g/mol. The van der Waals surface area contributed by atoms with Crippen molar-refractivity contribution in [2.45, 2.75) is 51.1 Å². The van der Waals surface area contributed by atoms with Crippen LogP contribution in [0, 0.1) is 12.8 Å². The van der Waals surface area contributed by atoms with Gasteiger partial charge in [0.25, 0.3) is 0 Å². The quantitative estimate of drug-likeness (QED) is 0.841. The molecule has 1 saturated carbocycles. The van der Waals surface area contributed by atoms with Crippen LogP contribution in [0.2, 0.25) is 0 Å². The molecule has 0 spiro atoms. The first kappa shape index (κ1) is 15.9. The van der Waals surface area contributed by atoms with E-state index in [1.807, 2.05) is 26.2 Å². The lowest BCUT2D eigenvalue weighted by molar-refractivity contribution is 0.416. The van der Waals surface area contributed by atoms with Crippen molar-refractivity contribution in [2.75, 3.05) is 13.6 Å². The molecule has 1 fully saturated rings. The third-order valence-corrected chi connectivity index (χ3v) is 6.70. The maximum absolute atomic E-state index is 12.7. The van der Waals surface area contributed by atoms with Gasteiger partial charge in [0.1, 0.15) is 4.90 Å². The molecule has 1 heterocycles. The number of thiophene rings is 1. The maximum Gasteiger partial charge on any atom is 0.244 e. The fourth-order valence-electron chi connectivity index (χ4n) is 2.25. The van der Waals surface area contributed by atoms with Gasteiger partial charge in [0.15, 0.2) is 0 Å². The van der Waals surface area contributed by atoms with Crippen molar-refractivity contribution in [2.24, 2.45) is 5.92 Å². The molecule has 1 aromatic rings. The highest BCUT2D eigenvalue weighted by Crippen LogP contribution is 2.30. The van der Waals surface area contributed by atoms with E-state index in [4.69, 9.17) is 0 Å². The Morgan fingerprint density at radius 2 is 2.10 bits per heavy atom. The number of aryl methyl sites for hydroxylation is 1. The number of hydrogen-bond acceptors (Lipinski definition) is 4. The molecule has 1 aromatic heterocycles. The van der Waals surface area contributed by atoms with E-state index in [-0.39, 0.29) is 0 Å². The van der Waals surface area contributed by atoms with Crippen molar-refractivity contribution < 1.29 is 8.42 Å². The Labute approximate surface area is 126 Å². The summed E-state index contributed by atoms with van der Waals surface area (Å²) in [7, 11) is -1.70. The van der Waals surface area contributed by atoms with E-state index in [1.165, 1.54) is 17.1 Å². The van der Waals surface area contributed by atoms with E-state index in [2.05, 4.69) is 5.32 Å². The molecule has 0 bridgehead atoms. The number of sulfonamides is 1. The summed E-state index contributed by atoms with van der Waals surface area (Å²) in [4.78, 5) is 1.45. The number of nitrogens with one attached hydrogen (secondary N) is 1. The summed E-state index contributed by atoms with van der Waals surface area (Å²) in [5.41, 5.74) is 0.859. The minimum atomic E-state index is -3.38. The normalized spacial score (nSPS) is 16.3. The van der Waals surface area contributed by atoms with E-state index < -0.39 is 10.0 Å². The smallest absolute Gasteiger partial charge is 0.244 e. The third-order valence-electron chi connectivity index (χ3n) is 3.41. The van der Waals surface area contributed by atoms with E-state index in [1.54, 1.807) is 18.4 Å². The molecular formula is C14H24N2O2S2. The van der Waals surface area contributed by atoms with Gasteiger partial charge in [-0.25, -0.2) is 12.7 Å². The third kappa shape index (κ3) is 3.61. The first-order valence-electron chi connectivity index (χ1n) is 7.09. The largest absolute Gasteiger partial charge is 0.309 e. The topological polar surface area (TPSA) is 49.4 Å². The van der Waals surface area contributed by atoms with Gasteiger partial charge in [-0.3, -0.25) is 0 Å². The van der Waals surface area contributed by atoms with Gasteiger partial charge in [-0.2, -0.15) is 0 Å². The summed E-state index contributed by atoms with van der Waals surface area (Å²) in [6, 6.07) is 0.585. The van der Waals surface area contributed by atoms with Crippen molar-refractivity contribution in [3.63, 3.8) is 0 Å². The zero-order chi connectivity index (χ0) is 14.9. The molecule has 4 nitrogen and oxygen atoms in total. The molecule has 0 saturated heterocycles. The van der Waals surface area contributed by atoms with E-state index in [9.17, 15) is 8.42 Å².